The number of rotatable bonds is 6. The Morgan fingerprint density at radius 1 is 0.897 bits per heavy atom. The summed E-state index contributed by atoms with van der Waals surface area (Å²) in [6.45, 7) is 0. The Bertz CT molecular complexity index is 1030. The van der Waals surface area contributed by atoms with Crippen LogP contribution in [0.1, 0.15) is 28.4 Å². The van der Waals surface area contributed by atoms with Gasteiger partial charge >= 0.3 is 0 Å². The quantitative estimate of drug-likeness (QED) is 0.427. The highest BCUT2D eigenvalue weighted by Gasteiger charge is 2.21. The zero-order valence-electron chi connectivity index (χ0n) is 15.2. The zero-order chi connectivity index (χ0) is 20.8. The van der Waals surface area contributed by atoms with E-state index in [2.05, 4.69) is 26.6 Å². The van der Waals surface area contributed by atoms with E-state index >= 15 is 0 Å². The van der Waals surface area contributed by atoms with Gasteiger partial charge in [0.15, 0.2) is 0 Å². The maximum Gasteiger partial charge on any atom is 0.253 e. The van der Waals surface area contributed by atoms with Crippen molar-refractivity contribution in [2.24, 2.45) is 0 Å². The van der Waals surface area contributed by atoms with Gasteiger partial charge in [-0.3, -0.25) is 9.59 Å². The number of nitrogens with one attached hydrogen (secondary N) is 2. The second-order valence-corrected chi connectivity index (χ2v) is 8.02. The van der Waals surface area contributed by atoms with Crippen molar-refractivity contribution in [3.05, 3.63) is 98.4 Å². The molecule has 0 bridgehead atoms. The Morgan fingerprint density at radius 2 is 1.59 bits per heavy atom. The molecule has 0 aliphatic rings. The molecule has 2 amide bonds. The number of amides is 2. The second kappa shape index (κ2) is 9.92. The highest BCUT2D eigenvalue weighted by molar-refractivity contribution is 9.10. The lowest BCUT2D eigenvalue weighted by atomic mass is 10.0. The molecule has 0 aliphatic heterocycles. The first-order valence-corrected chi connectivity index (χ1v) is 10.3. The van der Waals surface area contributed by atoms with Crippen LogP contribution in [0.15, 0.2) is 77.3 Å². The number of anilines is 1. The molecule has 7 heteroatoms. The van der Waals surface area contributed by atoms with E-state index in [0.29, 0.717) is 21.3 Å². The fourth-order valence-corrected chi connectivity index (χ4v) is 3.74. The van der Waals surface area contributed by atoms with E-state index < -0.39 is 6.04 Å². The second-order valence-electron chi connectivity index (χ2n) is 6.29. The summed E-state index contributed by atoms with van der Waals surface area (Å²) in [7, 11) is 0. The van der Waals surface area contributed by atoms with Crippen molar-refractivity contribution in [2.45, 2.75) is 12.5 Å². The number of hydrogen-bond donors (Lipinski definition) is 2. The van der Waals surface area contributed by atoms with Gasteiger partial charge in [0.25, 0.3) is 5.91 Å². The topological polar surface area (TPSA) is 58.2 Å². The van der Waals surface area contributed by atoms with Crippen LogP contribution in [0.25, 0.3) is 0 Å². The number of carbonyl (C=O) groups is 2. The van der Waals surface area contributed by atoms with Gasteiger partial charge in [0.1, 0.15) is 0 Å². The third-order valence-electron chi connectivity index (χ3n) is 4.22. The van der Waals surface area contributed by atoms with Crippen LogP contribution < -0.4 is 10.6 Å². The first-order valence-electron chi connectivity index (χ1n) is 8.79. The molecule has 2 N–H and O–H groups in total. The molecule has 0 heterocycles. The molecule has 148 valence electrons. The standard InChI is InChI=1S/C22H17BrCl2N2O2/c23-15-10-11-19(18(25)12-15)26-21(28)13-20(14-6-2-1-3-7-14)27-22(29)16-8-4-5-9-17(16)24/h1-12,20H,13H2,(H,26,28)(H,27,29)/t20-/m0/s1. The smallest absolute Gasteiger partial charge is 0.253 e. The number of halogens is 3. The molecule has 4 nitrogen and oxygen atoms in total. The van der Waals surface area contributed by atoms with Crippen molar-refractivity contribution in [1.82, 2.24) is 5.32 Å². The molecular formula is C22H17BrCl2N2O2. The summed E-state index contributed by atoms with van der Waals surface area (Å²) in [6.07, 6.45) is 0.0343. The Kier molecular flexibility index (Phi) is 7.31. The van der Waals surface area contributed by atoms with Gasteiger partial charge in [0.05, 0.1) is 33.8 Å². The van der Waals surface area contributed by atoms with E-state index in [1.54, 1.807) is 42.5 Å². The van der Waals surface area contributed by atoms with Crippen molar-refractivity contribution >= 4 is 56.6 Å². The molecule has 0 saturated carbocycles. The molecule has 1 atom stereocenters. The third-order valence-corrected chi connectivity index (χ3v) is 5.36. The summed E-state index contributed by atoms with van der Waals surface area (Å²) in [6, 6.07) is 20.7. The van der Waals surface area contributed by atoms with Crippen molar-refractivity contribution in [1.29, 1.82) is 0 Å². The van der Waals surface area contributed by atoms with Gasteiger partial charge in [-0.2, -0.15) is 0 Å². The number of benzene rings is 3. The van der Waals surface area contributed by atoms with E-state index in [-0.39, 0.29) is 18.2 Å². The molecule has 0 saturated heterocycles. The Morgan fingerprint density at radius 3 is 2.28 bits per heavy atom. The van der Waals surface area contributed by atoms with Gasteiger partial charge in [-0.25, -0.2) is 0 Å². The Labute approximate surface area is 187 Å². The largest absolute Gasteiger partial charge is 0.345 e. The van der Waals surface area contributed by atoms with E-state index in [9.17, 15) is 9.59 Å². The van der Waals surface area contributed by atoms with Gasteiger partial charge in [0.2, 0.25) is 5.91 Å². The molecule has 0 radical (unpaired) electrons. The SMILES string of the molecule is O=C(C[C@H](NC(=O)c1ccccc1Cl)c1ccccc1)Nc1ccc(Br)cc1Cl. The summed E-state index contributed by atoms with van der Waals surface area (Å²) in [5.41, 5.74) is 1.67. The predicted octanol–water partition coefficient (Wildman–Crippen LogP) is 6.26. The van der Waals surface area contributed by atoms with Crippen molar-refractivity contribution < 1.29 is 9.59 Å². The predicted molar refractivity (Wildman–Crippen MR) is 120 cm³/mol. The van der Waals surface area contributed by atoms with Gasteiger partial charge in [-0.15, -0.1) is 0 Å². The van der Waals surface area contributed by atoms with Crippen LogP contribution in [0.2, 0.25) is 10.0 Å². The molecule has 0 aliphatic carbocycles. The molecular weight excluding hydrogens is 475 g/mol. The Balaban J connectivity index is 1.78. The van der Waals surface area contributed by atoms with Gasteiger partial charge < -0.3 is 10.6 Å². The minimum absolute atomic E-state index is 0.0343. The molecule has 0 spiro atoms. The van der Waals surface area contributed by atoms with E-state index in [0.717, 1.165) is 10.0 Å². The van der Waals surface area contributed by atoms with E-state index in [4.69, 9.17) is 23.2 Å². The van der Waals surface area contributed by atoms with Crippen LogP contribution in [0.5, 0.6) is 0 Å². The van der Waals surface area contributed by atoms with Crippen molar-refractivity contribution in [2.75, 3.05) is 5.32 Å². The van der Waals surface area contributed by atoms with Crippen LogP contribution in [0.3, 0.4) is 0 Å². The first kappa shape index (κ1) is 21.4. The number of carbonyl (C=O) groups excluding carboxylic acids is 2. The van der Waals surface area contributed by atoms with Crippen LogP contribution >= 0.6 is 39.1 Å². The normalized spacial score (nSPS) is 11.6. The molecule has 3 rings (SSSR count). The lowest BCUT2D eigenvalue weighted by Gasteiger charge is -2.20. The maximum absolute atomic E-state index is 12.7. The highest BCUT2D eigenvalue weighted by Crippen LogP contribution is 2.27. The molecule has 3 aromatic carbocycles. The average Bonchev–Trinajstić information content (AvgIpc) is 2.70. The Hall–Kier alpha value is -2.34. The van der Waals surface area contributed by atoms with Crippen LogP contribution in [0.4, 0.5) is 5.69 Å². The fourth-order valence-electron chi connectivity index (χ4n) is 2.80. The van der Waals surface area contributed by atoms with E-state index in [1.165, 1.54) is 0 Å². The first-order chi connectivity index (χ1) is 13.9. The molecule has 0 aromatic heterocycles. The summed E-state index contributed by atoms with van der Waals surface area (Å²) < 4.78 is 0.815. The average molecular weight is 492 g/mol. The monoisotopic (exact) mass is 490 g/mol. The summed E-state index contributed by atoms with van der Waals surface area (Å²) in [5, 5.41) is 6.47. The van der Waals surface area contributed by atoms with Gasteiger partial charge in [0, 0.05) is 4.47 Å². The van der Waals surface area contributed by atoms with Gasteiger partial charge in [-0.1, -0.05) is 81.6 Å². The van der Waals surface area contributed by atoms with Crippen molar-refractivity contribution in [3.63, 3.8) is 0 Å². The summed E-state index contributed by atoms with van der Waals surface area (Å²) in [5.74, 6) is -0.624. The molecule has 0 unspecified atom stereocenters. The van der Waals surface area contributed by atoms with E-state index in [1.807, 2.05) is 30.3 Å². The number of hydrogen-bond acceptors (Lipinski definition) is 2. The zero-order valence-corrected chi connectivity index (χ0v) is 18.3. The summed E-state index contributed by atoms with van der Waals surface area (Å²) in [4.78, 5) is 25.4. The van der Waals surface area contributed by atoms with Crippen molar-refractivity contribution in [3.8, 4) is 0 Å². The minimum atomic E-state index is -0.533. The maximum atomic E-state index is 12.7. The fraction of sp³-hybridized carbons (Fsp3) is 0.0909. The lowest BCUT2D eigenvalue weighted by molar-refractivity contribution is -0.116. The molecule has 29 heavy (non-hydrogen) atoms. The highest BCUT2D eigenvalue weighted by atomic mass is 79.9. The minimum Gasteiger partial charge on any atom is -0.345 e. The molecule has 0 fully saturated rings. The molecule has 3 aromatic rings. The van der Waals surface area contributed by atoms with Crippen LogP contribution in [-0.4, -0.2) is 11.8 Å². The van der Waals surface area contributed by atoms with Gasteiger partial charge in [-0.05, 0) is 35.9 Å². The van der Waals surface area contributed by atoms with Crippen LogP contribution in [-0.2, 0) is 4.79 Å². The third kappa shape index (κ3) is 5.82. The summed E-state index contributed by atoms with van der Waals surface area (Å²) >= 11 is 15.6. The van der Waals surface area contributed by atoms with Crippen LogP contribution in [0, 0.1) is 0 Å². The lowest BCUT2D eigenvalue weighted by Crippen LogP contribution is -2.31.